The lowest BCUT2D eigenvalue weighted by atomic mass is 9.89. The number of benzene rings is 4. The molecule has 0 atom stereocenters. The van der Waals surface area contributed by atoms with Gasteiger partial charge in [0, 0.05) is 41.6 Å². The second kappa shape index (κ2) is 13.3. The SMILES string of the molecule is O=C(Nc1ccc(N2CCC(Cc3ccccc3)CC2)c(C(=O)NCCc2ccccc2)c1)c1ccc(Cl)cc1. The van der Waals surface area contributed by atoms with E-state index in [1.54, 1.807) is 30.3 Å². The van der Waals surface area contributed by atoms with E-state index in [1.165, 1.54) is 11.1 Å². The Balaban J connectivity index is 1.30. The van der Waals surface area contributed by atoms with Gasteiger partial charge in [0.25, 0.3) is 11.8 Å². The highest BCUT2D eigenvalue weighted by Crippen LogP contribution is 2.30. The molecule has 0 aromatic heterocycles. The van der Waals surface area contributed by atoms with Crippen molar-refractivity contribution >= 4 is 34.8 Å². The van der Waals surface area contributed by atoms with E-state index < -0.39 is 0 Å². The van der Waals surface area contributed by atoms with E-state index in [9.17, 15) is 9.59 Å². The number of hydrogen-bond donors (Lipinski definition) is 2. The summed E-state index contributed by atoms with van der Waals surface area (Å²) < 4.78 is 0. The lowest BCUT2D eigenvalue weighted by Crippen LogP contribution is -2.36. The van der Waals surface area contributed by atoms with Crippen LogP contribution in [0.25, 0.3) is 0 Å². The molecule has 204 valence electrons. The van der Waals surface area contributed by atoms with Gasteiger partial charge >= 0.3 is 0 Å². The Morgan fingerprint density at radius 2 is 1.43 bits per heavy atom. The maximum absolute atomic E-state index is 13.5. The summed E-state index contributed by atoms with van der Waals surface area (Å²) in [6.07, 6.45) is 3.97. The van der Waals surface area contributed by atoms with Crippen molar-refractivity contribution in [2.45, 2.75) is 25.7 Å². The summed E-state index contributed by atoms with van der Waals surface area (Å²) in [7, 11) is 0. The van der Waals surface area contributed by atoms with Gasteiger partial charge in [-0.25, -0.2) is 0 Å². The van der Waals surface area contributed by atoms with Crippen molar-refractivity contribution in [1.82, 2.24) is 5.32 Å². The van der Waals surface area contributed by atoms with Crippen LogP contribution in [-0.2, 0) is 12.8 Å². The molecule has 4 aromatic carbocycles. The van der Waals surface area contributed by atoms with Crippen LogP contribution >= 0.6 is 11.6 Å². The minimum atomic E-state index is -0.249. The van der Waals surface area contributed by atoms with Crippen LogP contribution in [-0.4, -0.2) is 31.4 Å². The molecule has 1 heterocycles. The molecule has 6 heteroatoms. The van der Waals surface area contributed by atoms with Gasteiger partial charge in [-0.05, 0) is 85.2 Å². The second-order valence-corrected chi connectivity index (χ2v) is 10.7. The largest absolute Gasteiger partial charge is 0.371 e. The number of hydrogen-bond acceptors (Lipinski definition) is 3. The van der Waals surface area contributed by atoms with Gasteiger partial charge in [0.15, 0.2) is 0 Å². The molecule has 0 saturated carbocycles. The summed E-state index contributed by atoms with van der Waals surface area (Å²) in [6, 6.07) is 33.1. The van der Waals surface area contributed by atoms with Gasteiger partial charge < -0.3 is 15.5 Å². The summed E-state index contributed by atoms with van der Waals surface area (Å²) >= 11 is 5.97. The van der Waals surface area contributed by atoms with E-state index in [2.05, 4.69) is 58.0 Å². The molecule has 1 fully saturated rings. The third-order valence-corrected chi connectivity index (χ3v) is 7.72. The van der Waals surface area contributed by atoms with Crippen molar-refractivity contribution in [2.75, 3.05) is 29.9 Å². The van der Waals surface area contributed by atoms with Crippen LogP contribution in [0.1, 0.15) is 44.7 Å². The number of halogens is 1. The summed E-state index contributed by atoms with van der Waals surface area (Å²) in [5, 5.41) is 6.60. The molecule has 1 saturated heterocycles. The standard InChI is InChI=1S/C34H34ClN3O2/c35-29-13-11-28(12-14-29)33(39)37-30-15-16-32(31(24-30)34(40)36-20-17-25-7-3-1-4-8-25)38-21-18-27(19-22-38)23-26-9-5-2-6-10-26/h1-16,24,27H,17-23H2,(H,36,40)(H,37,39). The first-order chi connectivity index (χ1) is 19.5. The molecule has 4 aromatic rings. The number of carbonyl (C=O) groups excluding carboxylic acids is 2. The fourth-order valence-electron chi connectivity index (χ4n) is 5.26. The first-order valence-electron chi connectivity index (χ1n) is 13.9. The van der Waals surface area contributed by atoms with Crippen molar-refractivity contribution in [3.63, 3.8) is 0 Å². The smallest absolute Gasteiger partial charge is 0.255 e. The number of piperidine rings is 1. The average Bonchev–Trinajstić information content (AvgIpc) is 2.99. The van der Waals surface area contributed by atoms with Crippen LogP contribution in [0, 0.1) is 5.92 Å². The highest BCUT2D eigenvalue weighted by Gasteiger charge is 2.24. The Kier molecular flexibility index (Phi) is 9.15. The van der Waals surface area contributed by atoms with Gasteiger partial charge in [-0.3, -0.25) is 9.59 Å². The molecular formula is C34H34ClN3O2. The van der Waals surface area contributed by atoms with Crippen LogP contribution < -0.4 is 15.5 Å². The predicted octanol–water partition coefficient (Wildman–Crippen LogP) is 7.02. The zero-order valence-electron chi connectivity index (χ0n) is 22.5. The van der Waals surface area contributed by atoms with Crippen LogP contribution in [0.4, 0.5) is 11.4 Å². The van der Waals surface area contributed by atoms with Crippen LogP contribution in [0.5, 0.6) is 0 Å². The van der Waals surface area contributed by atoms with Crippen molar-refractivity contribution in [3.05, 3.63) is 130 Å². The van der Waals surface area contributed by atoms with E-state index in [0.717, 1.165) is 44.5 Å². The fourth-order valence-corrected chi connectivity index (χ4v) is 5.39. The number of carbonyl (C=O) groups is 2. The molecule has 40 heavy (non-hydrogen) atoms. The summed E-state index contributed by atoms with van der Waals surface area (Å²) in [5.41, 5.74) is 5.11. The molecule has 0 spiro atoms. The number of rotatable bonds is 9. The van der Waals surface area contributed by atoms with Gasteiger partial charge in [0.1, 0.15) is 0 Å². The Morgan fingerprint density at radius 3 is 2.10 bits per heavy atom. The van der Waals surface area contributed by atoms with E-state index in [0.29, 0.717) is 34.3 Å². The summed E-state index contributed by atoms with van der Waals surface area (Å²) in [5.74, 6) is 0.237. The molecule has 2 amide bonds. The molecule has 0 unspecified atom stereocenters. The molecule has 1 aliphatic heterocycles. The maximum atomic E-state index is 13.5. The van der Waals surface area contributed by atoms with E-state index in [1.807, 2.05) is 30.3 Å². The van der Waals surface area contributed by atoms with Crippen molar-refractivity contribution in [1.29, 1.82) is 0 Å². The van der Waals surface area contributed by atoms with E-state index in [-0.39, 0.29) is 11.8 Å². The molecule has 1 aliphatic rings. The Labute approximate surface area is 241 Å². The minimum Gasteiger partial charge on any atom is -0.371 e. The first-order valence-corrected chi connectivity index (χ1v) is 14.2. The normalized spacial score (nSPS) is 13.6. The van der Waals surface area contributed by atoms with E-state index >= 15 is 0 Å². The predicted molar refractivity (Wildman–Crippen MR) is 163 cm³/mol. The molecular weight excluding hydrogens is 518 g/mol. The van der Waals surface area contributed by atoms with Gasteiger partial charge in [0.05, 0.1) is 5.56 Å². The highest BCUT2D eigenvalue weighted by atomic mass is 35.5. The fraction of sp³-hybridized carbons (Fsp3) is 0.235. The minimum absolute atomic E-state index is 0.139. The zero-order chi connectivity index (χ0) is 27.7. The van der Waals surface area contributed by atoms with Gasteiger partial charge in [-0.2, -0.15) is 0 Å². The Bertz CT molecular complexity index is 1420. The zero-order valence-corrected chi connectivity index (χ0v) is 23.2. The quantitative estimate of drug-likeness (QED) is 0.235. The van der Waals surface area contributed by atoms with E-state index in [4.69, 9.17) is 11.6 Å². The number of anilines is 2. The highest BCUT2D eigenvalue weighted by molar-refractivity contribution is 6.30. The number of nitrogens with one attached hydrogen (secondary N) is 2. The lowest BCUT2D eigenvalue weighted by Gasteiger charge is -2.35. The Morgan fingerprint density at radius 1 is 0.775 bits per heavy atom. The molecule has 5 rings (SSSR count). The third-order valence-electron chi connectivity index (χ3n) is 7.47. The molecule has 0 bridgehead atoms. The first kappa shape index (κ1) is 27.5. The van der Waals surface area contributed by atoms with Crippen LogP contribution in [0.2, 0.25) is 5.02 Å². The maximum Gasteiger partial charge on any atom is 0.255 e. The summed E-state index contributed by atoms with van der Waals surface area (Å²) in [6.45, 7) is 2.30. The second-order valence-electron chi connectivity index (χ2n) is 10.3. The topological polar surface area (TPSA) is 61.4 Å². The molecule has 5 nitrogen and oxygen atoms in total. The number of amides is 2. The van der Waals surface area contributed by atoms with Crippen LogP contribution in [0.3, 0.4) is 0 Å². The third kappa shape index (κ3) is 7.30. The Hall–Kier alpha value is -4.09. The van der Waals surface area contributed by atoms with Gasteiger partial charge in [-0.15, -0.1) is 0 Å². The average molecular weight is 552 g/mol. The lowest BCUT2D eigenvalue weighted by molar-refractivity contribution is 0.0953. The van der Waals surface area contributed by atoms with Crippen molar-refractivity contribution < 1.29 is 9.59 Å². The number of nitrogens with zero attached hydrogens (tertiary/aromatic N) is 1. The van der Waals surface area contributed by atoms with Crippen LogP contribution in [0.15, 0.2) is 103 Å². The molecule has 0 radical (unpaired) electrons. The van der Waals surface area contributed by atoms with Gasteiger partial charge in [0.2, 0.25) is 0 Å². The molecule has 2 N–H and O–H groups in total. The van der Waals surface area contributed by atoms with Gasteiger partial charge in [-0.1, -0.05) is 72.3 Å². The molecule has 0 aliphatic carbocycles. The van der Waals surface area contributed by atoms with Crippen molar-refractivity contribution in [2.24, 2.45) is 5.92 Å². The van der Waals surface area contributed by atoms with Crippen molar-refractivity contribution in [3.8, 4) is 0 Å². The monoisotopic (exact) mass is 551 g/mol. The summed E-state index contributed by atoms with van der Waals surface area (Å²) in [4.78, 5) is 28.6.